The molecule has 1 amide bonds. The van der Waals surface area contributed by atoms with Gasteiger partial charge in [0.1, 0.15) is 6.26 Å². The third-order valence-electron chi connectivity index (χ3n) is 4.37. The number of nitrogens with zero attached hydrogens (tertiary/aromatic N) is 2. The lowest BCUT2D eigenvalue weighted by atomic mass is 9.96. The van der Waals surface area contributed by atoms with Crippen LogP contribution >= 0.6 is 0 Å². The number of fused-ring (bicyclic) bond motifs is 1. The van der Waals surface area contributed by atoms with Crippen molar-refractivity contribution in [2.75, 3.05) is 11.9 Å². The van der Waals surface area contributed by atoms with Gasteiger partial charge < -0.3 is 19.6 Å². The van der Waals surface area contributed by atoms with E-state index in [1.54, 1.807) is 6.07 Å². The minimum absolute atomic E-state index is 0.218. The summed E-state index contributed by atoms with van der Waals surface area (Å²) in [4.78, 5) is 16.3. The van der Waals surface area contributed by atoms with Gasteiger partial charge in [-0.15, -0.1) is 0 Å². The maximum Gasteiger partial charge on any atom is 0.273 e. The first-order valence-electron chi connectivity index (χ1n) is 8.28. The Bertz CT molecular complexity index is 857. The Morgan fingerprint density at radius 1 is 1.32 bits per heavy atom. The number of benzene rings is 1. The summed E-state index contributed by atoms with van der Waals surface area (Å²) < 4.78 is 10.0. The molecular weight excluding hydrogens is 320 g/mol. The van der Waals surface area contributed by atoms with E-state index in [1.165, 1.54) is 23.9 Å². The number of rotatable bonds is 5. The molecule has 0 saturated carbocycles. The molecule has 1 aromatic carbocycles. The van der Waals surface area contributed by atoms with E-state index in [0.29, 0.717) is 24.0 Å². The van der Waals surface area contributed by atoms with Crippen LogP contribution in [0.25, 0.3) is 11.5 Å². The van der Waals surface area contributed by atoms with Gasteiger partial charge in [0, 0.05) is 24.3 Å². The molecule has 1 aliphatic rings. The van der Waals surface area contributed by atoms with Crippen LogP contribution in [0.4, 0.5) is 5.69 Å². The zero-order valence-corrected chi connectivity index (χ0v) is 13.6. The van der Waals surface area contributed by atoms with E-state index in [9.17, 15) is 4.79 Å². The summed E-state index contributed by atoms with van der Waals surface area (Å²) in [5, 5.41) is 10.2. The number of aromatic nitrogens is 2. The highest BCUT2D eigenvalue weighted by Crippen LogP contribution is 2.25. The predicted molar refractivity (Wildman–Crippen MR) is 91.1 cm³/mol. The molecule has 1 aliphatic heterocycles. The second-order valence-electron chi connectivity index (χ2n) is 6.00. The van der Waals surface area contributed by atoms with Crippen LogP contribution in [0, 0.1) is 0 Å². The summed E-state index contributed by atoms with van der Waals surface area (Å²) in [5.41, 5.74) is 3.21. The van der Waals surface area contributed by atoms with Crippen LogP contribution in [0.2, 0.25) is 0 Å². The highest BCUT2D eigenvalue weighted by Gasteiger charge is 2.21. The van der Waals surface area contributed by atoms with Crippen molar-refractivity contribution >= 4 is 11.6 Å². The summed E-state index contributed by atoms with van der Waals surface area (Å²) in [7, 11) is 0. The molecule has 2 aromatic heterocycles. The summed E-state index contributed by atoms with van der Waals surface area (Å²) in [6.45, 7) is 0.559. The highest BCUT2D eigenvalue weighted by molar-refractivity contribution is 5.97. The lowest BCUT2D eigenvalue weighted by molar-refractivity contribution is 0.0948. The van der Waals surface area contributed by atoms with Crippen LogP contribution in [0.15, 0.2) is 51.9 Å². The Balaban J connectivity index is 1.33. The normalized spacial score (nSPS) is 16.1. The van der Waals surface area contributed by atoms with Crippen molar-refractivity contribution in [3.05, 3.63) is 54.2 Å². The van der Waals surface area contributed by atoms with Crippen LogP contribution in [-0.4, -0.2) is 28.6 Å². The third kappa shape index (κ3) is 3.26. The summed E-state index contributed by atoms with van der Waals surface area (Å²) in [5.74, 6) is 0.0407. The van der Waals surface area contributed by atoms with Crippen LogP contribution in [-0.2, 0) is 6.42 Å². The van der Waals surface area contributed by atoms with E-state index < -0.39 is 0 Å². The topological polar surface area (TPSA) is 93.2 Å². The van der Waals surface area contributed by atoms with E-state index in [2.05, 4.69) is 39.0 Å². The fraction of sp³-hybridized carbons (Fsp3) is 0.278. The van der Waals surface area contributed by atoms with Gasteiger partial charge in [-0.1, -0.05) is 23.4 Å². The van der Waals surface area contributed by atoms with Gasteiger partial charge in [-0.3, -0.25) is 4.79 Å². The zero-order chi connectivity index (χ0) is 17.1. The first-order valence-corrected chi connectivity index (χ1v) is 8.28. The van der Waals surface area contributed by atoms with Crippen molar-refractivity contribution < 1.29 is 13.7 Å². The molecule has 1 atom stereocenters. The van der Waals surface area contributed by atoms with Crippen molar-refractivity contribution in [3.8, 4) is 11.5 Å². The van der Waals surface area contributed by atoms with Crippen LogP contribution in [0.5, 0.6) is 0 Å². The maximum atomic E-state index is 12.3. The lowest BCUT2D eigenvalue weighted by Gasteiger charge is -2.27. The molecule has 0 aliphatic carbocycles. The fourth-order valence-corrected chi connectivity index (χ4v) is 3.08. The SMILES string of the molecule is O=C(NCCC1CCc2ccccc2N1)c1ncoc1-c1ccon1. The predicted octanol–water partition coefficient (Wildman–Crippen LogP) is 2.88. The Kier molecular flexibility index (Phi) is 4.20. The van der Waals surface area contributed by atoms with Crippen LogP contribution in [0.3, 0.4) is 0 Å². The lowest BCUT2D eigenvalue weighted by Crippen LogP contribution is -2.32. The first-order chi connectivity index (χ1) is 12.3. The van der Waals surface area contributed by atoms with Gasteiger partial charge in [-0.2, -0.15) is 0 Å². The van der Waals surface area contributed by atoms with Gasteiger partial charge >= 0.3 is 0 Å². The number of carbonyl (C=O) groups is 1. The van der Waals surface area contributed by atoms with Crippen molar-refractivity contribution in [1.29, 1.82) is 0 Å². The fourth-order valence-electron chi connectivity index (χ4n) is 3.08. The van der Waals surface area contributed by atoms with Crippen molar-refractivity contribution in [3.63, 3.8) is 0 Å². The Labute approximate surface area is 144 Å². The average molecular weight is 338 g/mol. The van der Waals surface area contributed by atoms with E-state index in [0.717, 1.165) is 19.3 Å². The smallest absolute Gasteiger partial charge is 0.273 e. The second kappa shape index (κ2) is 6.80. The molecule has 3 heterocycles. The third-order valence-corrected chi connectivity index (χ3v) is 4.37. The number of amides is 1. The van der Waals surface area contributed by atoms with E-state index >= 15 is 0 Å². The molecule has 0 fully saturated rings. The molecule has 2 N–H and O–H groups in total. The number of para-hydroxylation sites is 1. The van der Waals surface area contributed by atoms with Gasteiger partial charge in [0.05, 0.1) is 0 Å². The van der Waals surface area contributed by atoms with Crippen molar-refractivity contribution in [1.82, 2.24) is 15.5 Å². The van der Waals surface area contributed by atoms with Crippen LogP contribution in [0.1, 0.15) is 28.9 Å². The largest absolute Gasteiger partial charge is 0.441 e. The number of oxazole rings is 1. The Morgan fingerprint density at radius 3 is 3.12 bits per heavy atom. The van der Waals surface area contributed by atoms with Crippen molar-refractivity contribution in [2.45, 2.75) is 25.3 Å². The quantitative estimate of drug-likeness (QED) is 0.743. The van der Waals surface area contributed by atoms with Crippen LogP contribution < -0.4 is 10.6 Å². The molecule has 7 heteroatoms. The van der Waals surface area contributed by atoms with Gasteiger partial charge in [0.25, 0.3) is 5.91 Å². The summed E-state index contributed by atoms with van der Waals surface area (Å²) in [6, 6.07) is 10.3. The first kappa shape index (κ1) is 15.4. The molecule has 0 radical (unpaired) electrons. The minimum Gasteiger partial charge on any atom is -0.441 e. The molecule has 0 spiro atoms. The molecular formula is C18H18N4O3. The summed E-state index contributed by atoms with van der Waals surface area (Å²) >= 11 is 0. The molecule has 4 rings (SSSR count). The van der Waals surface area contributed by atoms with E-state index in [-0.39, 0.29) is 11.6 Å². The van der Waals surface area contributed by atoms with Gasteiger partial charge in [-0.25, -0.2) is 4.98 Å². The van der Waals surface area contributed by atoms with Gasteiger partial charge in [-0.05, 0) is 30.9 Å². The highest BCUT2D eigenvalue weighted by atomic mass is 16.5. The number of anilines is 1. The van der Waals surface area contributed by atoms with Gasteiger partial charge in [0.15, 0.2) is 23.5 Å². The average Bonchev–Trinajstić information content (AvgIpc) is 3.32. The molecule has 0 bridgehead atoms. The molecule has 7 nitrogen and oxygen atoms in total. The number of nitrogens with one attached hydrogen (secondary N) is 2. The molecule has 25 heavy (non-hydrogen) atoms. The second-order valence-corrected chi connectivity index (χ2v) is 6.00. The zero-order valence-electron chi connectivity index (χ0n) is 13.6. The van der Waals surface area contributed by atoms with E-state index in [4.69, 9.17) is 8.94 Å². The number of aryl methyl sites for hydroxylation is 1. The van der Waals surface area contributed by atoms with Gasteiger partial charge in [0.2, 0.25) is 0 Å². The Morgan fingerprint density at radius 2 is 2.24 bits per heavy atom. The standard InChI is InChI=1S/C18H18N4O3/c23-18(16-17(24-11-20-16)15-8-10-25-22-15)19-9-7-13-6-5-12-3-1-2-4-14(12)21-13/h1-4,8,10-11,13,21H,5-7,9H2,(H,19,23). The Hall–Kier alpha value is -3.09. The molecule has 0 saturated heterocycles. The number of hydrogen-bond donors (Lipinski definition) is 2. The monoisotopic (exact) mass is 338 g/mol. The molecule has 1 unspecified atom stereocenters. The van der Waals surface area contributed by atoms with E-state index in [1.807, 2.05) is 6.07 Å². The number of hydrogen-bond acceptors (Lipinski definition) is 6. The minimum atomic E-state index is -0.275. The summed E-state index contributed by atoms with van der Waals surface area (Å²) in [6.07, 6.45) is 5.62. The molecule has 128 valence electrons. The molecule has 3 aromatic rings. The maximum absolute atomic E-state index is 12.3. The van der Waals surface area contributed by atoms with Crippen molar-refractivity contribution in [2.24, 2.45) is 0 Å². The number of carbonyl (C=O) groups excluding carboxylic acids is 1.